The summed E-state index contributed by atoms with van der Waals surface area (Å²) in [7, 11) is 0. The molecule has 0 radical (unpaired) electrons. The minimum Gasteiger partial charge on any atom is -0.383 e. The van der Waals surface area contributed by atoms with Gasteiger partial charge in [-0.1, -0.05) is 23.8 Å². The second-order valence-corrected chi connectivity index (χ2v) is 7.97. The minimum atomic E-state index is -1.00. The largest absolute Gasteiger partial charge is 0.383 e. The zero-order valence-corrected chi connectivity index (χ0v) is 16.2. The highest BCUT2D eigenvalue weighted by molar-refractivity contribution is 6.05. The Labute approximate surface area is 164 Å². The van der Waals surface area contributed by atoms with Crippen molar-refractivity contribution in [3.05, 3.63) is 58.9 Å². The SMILES string of the molecule is Cc1ccc(C2(O)CCN(C(=O)C[C@H]3C(=O)Nc4ccc(C)cc43)CC2)nc1. The Bertz CT molecular complexity index is 915. The summed E-state index contributed by atoms with van der Waals surface area (Å²) in [6.45, 7) is 4.85. The molecule has 2 aliphatic heterocycles. The number of aromatic nitrogens is 1. The first-order valence-electron chi connectivity index (χ1n) is 9.70. The molecule has 1 aromatic carbocycles. The van der Waals surface area contributed by atoms with Crippen LogP contribution in [0.15, 0.2) is 36.5 Å². The minimum absolute atomic E-state index is 0.0478. The first kappa shape index (κ1) is 18.6. The highest BCUT2D eigenvalue weighted by Gasteiger charge is 2.38. The highest BCUT2D eigenvalue weighted by atomic mass is 16.3. The number of fused-ring (bicyclic) bond motifs is 1. The fraction of sp³-hybridized carbons (Fsp3) is 0.409. The lowest BCUT2D eigenvalue weighted by atomic mass is 9.87. The summed E-state index contributed by atoms with van der Waals surface area (Å²) in [6.07, 6.45) is 2.80. The maximum atomic E-state index is 12.8. The summed E-state index contributed by atoms with van der Waals surface area (Å²) < 4.78 is 0. The smallest absolute Gasteiger partial charge is 0.232 e. The molecule has 4 rings (SSSR count). The lowest BCUT2D eigenvalue weighted by Crippen LogP contribution is -2.46. The molecule has 6 nitrogen and oxygen atoms in total. The molecule has 0 spiro atoms. The van der Waals surface area contributed by atoms with Crippen LogP contribution in [0.3, 0.4) is 0 Å². The van der Waals surface area contributed by atoms with Crippen LogP contribution in [0.5, 0.6) is 0 Å². The Morgan fingerprint density at radius 1 is 1.21 bits per heavy atom. The number of likely N-dealkylation sites (tertiary alicyclic amines) is 1. The number of pyridine rings is 1. The molecule has 0 bridgehead atoms. The Hall–Kier alpha value is -2.73. The summed E-state index contributed by atoms with van der Waals surface area (Å²) in [5.74, 6) is -0.610. The second kappa shape index (κ2) is 7.02. The van der Waals surface area contributed by atoms with E-state index in [0.717, 1.165) is 22.4 Å². The van der Waals surface area contributed by atoms with Crippen LogP contribution < -0.4 is 5.32 Å². The molecular weight excluding hydrogens is 354 g/mol. The second-order valence-electron chi connectivity index (χ2n) is 7.97. The number of amides is 2. The number of benzene rings is 1. The monoisotopic (exact) mass is 379 g/mol. The van der Waals surface area contributed by atoms with Gasteiger partial charge in [0.25, 0.3) is 0 Å². The topological polar surface area (TPSA) is 82.5 Å². The number of anilines is 1. The van der Waals surface area contributed by atoms with Crippen molar-refractivity contribution in [2.75, 3.05) is 18.4 Å². The third kappa shape index (κ3) is 3.40. The number of aliphatic hydroxyl groups is 1. The van der Waals surface area contributed by atoms with E-state index in [0.29, 0.717) is 31.6 Å². The molecule has 2 amide bonds. The van der Waals surface area contributed by atoms with Crippen LogP contribution in [0.2, 0.25) is 0 Å². The van der Waals surface area contributed by atoms with Gasteiger partial charge in [-0.05, 0) is 49.9 Å². The van der Waals surface area contributed by atoms with Gasteiger partial charge in [0.2, 0.25) is 11.8 Å². The molecule has 0 unspecified atom stereocenters. The first-order chi connectivity index (χ1) is 13.4. The zero-order chi connectivity index (χ0) is 19.9. The fourth-order valence-electron chi connectivity index (χ4n) is 4.08. The summed E-state index contributed by atoms with van der Waals surface area (Å²) in [5.41, 5.74) is 3.47. The Balaban J connectivity index is 1.42. The molecule has 1 atom stereocenters. The van der Waals surface area contributed by atoms with Gasteiger partial charge in [0.15, 0.2) is 0 Å². The van der Waals surface area contributed by atoms with Gasteiger partial charge in [0.1, 0.15) is 5.60 Å². The normalized spacial score (nSPS) is 20.6. The van der Waals surface area contributed by atoms with E-state index in [-0.39, 0.29) is 18.2 Å². The lowest BCUT2D eigenvalue weighted by Gasteiger charge is -2.38. The van der Waals surface area contributed by atoms with Gasteiger partial charge in [-0.2, -0.15) is 0 Å². The molecule has 6 heteroatoms. The summed E-state index contributed by atoms with van der Waals surface area (Å²) >= 11 is 0. The van der Waals surface area contributed by atoms with Gasteiger partial charge in [0, 0.05) is 31.4 Å². The van der Waals surface area contributed by atoms with Crippen molar-refractivity contribution in [1.29, 1.82) is 0 Å². The van der Waals surface area contributed by atoms with Crippen LogP contribution in [0, 0.1) is 13.8 Å². The quantitative estimate of drug-likeness (QED) is 0.859. The number of piperidine rings is 1. The van der Waals surface area contributed by atoms with Crippen LogP contribution in [0.25, 0.3) is 0 Å². The first-order valence-corrected chi connectivity index (χ1v) is 9.70. The Morgan fingerprint density at radius 3 is 2.61 bits per heavy atom. The maximum absolute atomic E-state index is 12.8. The van der Waals surface area contributed by atoms with E-state index in [9.17, 15) is 14.7 Å². The number of nitrogens with one attached hydrogen (secondary N) is 1. The van der Waals surface area contributed by atoms with Gasteiger partial charge in [0.05, 0.1) is 11.6 Å². The van der Waals surface area contributed by atoms with Crippen molar-refractivity contribution < 1.29 is 14.7 Å². The van der Waals surface area contributed by atoms with E-state index >= 15 is 0 Å². The van der Waals surface area contributed by atoms with Gasteiger partial charge in [-0.15, -0.1) is 0 Å². The van der Waals surface area contributed by atoms with E-state index in [4.69, 9.17) is 0 Å². The maximum Gasteiger partial charge on any atom is 0.232 e. The molecule has 146 valence electrons. The van der Waals surface area contributed by atoms with Gasteiger partial charge in [-0.25, -0.2) is 0 Å². The van der Waals surface area contributed by atoms with Crippen LogP contribution in [-0.4, -0.2) is 39.9 Å². The van der Waals surface area contributed by atoms with Crippen LogP contribution in [0.4, 0.5) is 5.69 Å². The number of hydrogen-bond acceptors (Lipinski definition) is 4. The molecular formula is C22H25N3O3. The molecule has 1 fully saturated rings. The third-order valence-electron chi connectivity index (χ3n) is 5.87. The highest BCUT2D eigenvalue weighted by Crippen LogP contribution is 2.37. The molecule has 2 aromatic rings. The van der Waals surface area contributed by atoms with E-state index in [1.54, 1.807) is 11.1 Å². The standard InChI is InChI=1S/C22H25N3O3/c1-14-3-5-18-16(11-14)17(21(27)24-18)12-20(26)25-9-7-22(28,8-10-25)19-6-4-15(2)13-23-19/h3-6,11,13,17,28H,7-10,12H2,1-2H3,(H,24,27)/t17-/m1/s1. The van der Waals surface area contributed by atoms with Gasteiger partial charge < -0.3 is 15.3 Å². The van der Waals surface area contributed by atoms with E-state index in [1.807, 2.05) is 44.2 Å². The predicted octanol–water partition coefficient (Wildman–Crippen LogP) is 2.63. The number of nitrogens with zero attached hydrogens (tertiary/aromatic N) is 2. The molecule has 2 aliphatic rings. The van der Waals surface area contributed by atoms with E-state index in [2.05, 4.69) is 10.3 Å². The summed E-state index contributed by atoms with van der Waals surface area (Å²) in [5, 5.41) is 13.8. The van der Waals surface area contributed by atoms with Crippen molar-refractivity contribution in [1.82, 2.24) is 9.88 Å². The molecule has 28 heavy (non-hydrogen) atoms. The van der Waals surface area contributed by atoms with Crippen molar-refractivity contribution in [2.45, 2.75) is 44.6 Å². The van der Waals surface area contributed by atoms with Gasteiger partial charge >= 0.3 is 0 Å². The van der Waals surface area contributed by atoms with Crippen molar-refractivity contribution in [3.8, 4) is 0 Å². The number of aryl methyl sites for hydroxylation is 2. The van der Waals surface area contributed by atoms with Crippen molar-refractivity contribution >= 4 is 17.5 Å². The molecule has 2 N–H and O–H groups in total. The third-order valence-corrected chi connectivity index (χ3v) is 5.87. The number of rotatable bonds is 3. The van der Waals surface area contributed by atoms with Gasteiger partial charge in [-0.3, -0.25) is 14.6 Å². The van der Waals surface area contributed by atoms with Crippen molar-refractivity contribution in [2.24, 2.45) is 0 Å². The molecule has 1 saturated heterocycles. The number of hydrogen-bond donors (Lipinski definition) is 2. The van der Waals surface area contributed by atoms with Crippen molar-refractivity contribution in [3.63, 3.8) is 0 Å². The van der Waals surface area contributed by atoms with E-state index in [1.165, 1.54) is 0 Å². The molecule has 0 saturated carbocycles. The predicted molar refractivity (Wildman–Crippen MR) is 106 cm³/mol. The van der Waals surface area contributed by atoms with Crippen LogP contribution in [0.1, 0.15) is 47.6 Å². The Morgan fingerprint density at radius 2 is 1.93 bits per heavy atom. The Kier molecular flexibility index (Phi) is 4.67. The lowest BCUT2D eigenvalue weighted by molar-refractivity contribution is -0.137. The fourth-order valence-corrected chi connectivity index (χ4v) is 4.08. The molecule has 1 aromatic heterocycles. The van der Waals surface area contributed by atoms with Crippen LogP contribution >= 0.6 is 0 Å². The summed E-state index contributed by atoms with van der Waals surface area (Å²) in [4.78, 5) is 31.3. The summed E-state index contributed by atoms with van der Waals surface area (Å²) in [6, 6.07) is 9.62. The van der Waals surface area contributed by atoms with E-state index < -0.39 is 11.5 Å². The molecule has 3 heterocycles. The van der Waals surface area contributed by atoms with Crippen LogP contribution in [-0.2, 0) is 15.2 Å². The number of carbonyl (C=O) groups is 2. The average molecular weight is 379 g/mol. The zero-order valence-electron chi connectivity index (χ0n) is 16.2. The molecule has 0 aliphatic carbocycles. The average Bonchev–Trinajstić information content (AvgIpc) is 2.97. The number of carbonyl (C=O) groups excluding carboxylic acids is 2.